The van der Waals surface area contributed by atoms with Crippen molar-refractivity contribution in [2.24, 2.45) is 0 Å². The van der Waals surface area contributed by atoms with Gasteiger partial charge in [-0.2, -0.15) is 0 Å². The molecule has 1 saturated heterocycles. The van der Waals surface area contributed by atoms with Crippen molar-refractivity contribution < 1.29 is 9.47 Å². The van der Waals surface area contributed by atoms with Gasteiger partial charge in [-0.15, -0.1) is 11.8 Å². The molecule has 1 aromatic carbocycles. The van der Waals surface area contributed by atoms with E-state index in [9.17, 15) is 0 Å². The minimum Gasteiger partial charge on any atom is -0.486 e. The lowest BCUT2D eigenvalue weighted by molar-refractivity contribution is 0.171. The van der Waals surface area contributed by atoms with Crippen LogP contribution in [0.25, 0.3) is 0 Å². The fourth-order valence-electron chi connectivity index (χ4n) is 1.90. The van der Waals surface area contributed by atoms with Crippen molar-refractivity contribution in [3.05, 3.63) is 18.2 Å². The average Bonchev–Trinajstić information content (AvgIpc) is 2.92. The second kappa shape index (κ2) is 5.24. The summed E-state index contributed by atoms with van der Waals surface area (Å²) in [4.78, 5) is 2.16. The first-order chi connectivity index (χ1) is 8.83. The van der Waals surface area contributed by atoms with E-state index in [-0.39, 0.29) is 0 Å². The quantitative estimate of drug-likeness (QED) is 0.795. The number of hydrogen-bond acceptors (Lipinski definition) is 4. The number of nitrogens with one attached hydrogen (secondary N) is 1. The van der Waals surface area contributed by atoms with E-state index < -0.39 is 0 Å². The third-order valence-electron chi connectivity index (χ3n) is 2.83. The summed E-state index contributed by atoms with van der Waals surface area (Å²) in [5.41, 5.74) is 0.946. The number of thiocarbonyl (C=S) groups is 1. The SMILES string of the molecule is S=C(Nc1ccc2c(c1)OCCO2)N1CCSC1. The highest BCUT2D eigenvalue weighted by molar-refractivity contribution is 7.99. The molecule has 0 amide bonds. The zero-order valence-electron chi connectivity index (χ0n) is 9.85. The van der Waals surface area contributed by atoms with E-state index in [2.05, 4.69) is 10.2 Å². The Morgan fingerprint density at radius 1 is 1.28 bits per heavy atom. The van der Waals surface area contributed by atoms with E-state index in [1.54, 1.807) is 0 Å². The molecular weight excluding hydrogens is 268 g/mol. The minimum atomic E-state index is 0.601. The topological polar surface area (TPSA) is 33.7 Å². The Balaban J connectivity index is 1.70. The molecule has 0 unspecified atom stereocenters. The van der Waals surface area contributed by atoms with Crippen LogP contribution in [0.3, 0.4) is 0 Å². The number of nitrogens with zero attached hydrogens (tertiary/aromatic N) is 1. The van der Waals surface area contributed by atoms with Gasteiger partial charge >= 0.3 is 0 Å². The molecule has 0 saturated carbocycles. The van der Waals surface area contributed by atoms with Gasteiger partial charge in [0.25, 0.3) is 0 Å². The summed E-state index contributed by atoms with van der Waals surface area (Å²) < 4.78 is 11.0. The van der Waals surface area contributed by atoms with Crippen molar-refractivity contribution in [1.82, 2.24) is 4.90 Å². The Bertz CT molecular complexity index is 461. The second-order valence-corrected chi connectivity index (χ2v) is 5.55. The molecule has 2 heterocycles. The van der Waals surface area contributed by atoms with Crippen LogP contribution in [0.1, 0.15) is 0 Å². The molecule has 96 valence electrons. The van der Waals surface area contributed by atoms with Crippen molar-refractivity contribution >= 4 is 34.8 Å². The number of rotatable bonds is 1. The molecule has 3 rings (SSSR count). The van der Waals surface area contributed by atoms with Gasteiger partial charge in [-0.25, -0.2) is 0 Å². The summed E-state index contributed by atoms with van der Waals surface area (Å²) in [6.07, 6.45) is 0. The number of benzene rings is 1. The summed E-state index contributed by atoms with van der Waals surface area (Å²) in [5, 5.41) is 4.02. The molecule has 0 aliphatic carbocycles. The highest BCUT2D eigenvalue weighted by atomic mass is 32.2. The second-order valence-electron chi connectivity index (χ2n) is 4.09. The molecule has 4 nitrogen and oxygen atoms in total. The van der Waals surface area contributed by atoms with Gasteiger partial charge in [0.05, 0.1) is 5.88 Å². The third-order valence-corrected chi connectivity index (χ3v) is 4.16. The van der Waals surface area contributed by atoms with E-state index >= 15 is 0 Å². The lowest BCUT2D eigenvalue weighted by Crippen LogP contribution is -2.32. The Morgan fingerprint density at radius 3 is 2.89 bits per heavy atom. The zero-order chi connectivity index (χ0) is 12.4. The first kappa shape index (κ1) is 11.9. The molecule has 0 radical (unpaired) electrons. The van der Waals surface area contributed by atoms with Crippen LogP contribution in [-0.4, -0.2) is 41.4 Å². The van der Waals surface area contributed by atoms with E-state index in [0.29, 0.717) is 13.2 Å². The van der Waals surface area contributed by atoms with Crippen LogP contribution < -0.4 is 14.8 Å². The van der Waals surface area contributed by atoms with Crippen molar-refractivity contribution in [2.45, 2.75) is 0 Å². The van der Waals surface area contributed by atoms with Crippen LogP contribution in [-0.2, 0) is 0 Å². The lowest BCUT2D eigenvalue weighted by atomic mass is 10.2. The minimum absolute atomic E-state index is 0.601. The molecule has 6 heteroatoms. The van der Waals surface area contributed by atoms with E-state index in [4.69, 9.17) is 21.7 Å². The van der Waals surface area contributed by atoms with E-state index in [0.717, 1.165) is 40.5 Å². The van der Waals surface area contributed by atoms with Gasteiger partial charge < -0.3 is 19.7 Å². The predicted octanol–water partition coefficient (Wildman–Crippen LogP) is 2.16. The molecule has 0 aromatic heterocycles. The van der Waals surface area contributed by atoms with Crippen LogP contribution in [0.4, 0.5) is 5.69 Å². The number of fused-ring (bicyclic) bond motifs is 1. The van der Waals surface area contributed by atoms with E-state index in [1.165, 1.54) is 0 Å². The van der Waals surface area contributed by atoms with Crippen LogP contribution >= 0.6 is 24.0 Å². The summed E-state index contributed by atoms with van der Waals surface area (Å²) in [7, 11) is 0. The van der Waals surface area contributed by atoms with Crippen molar-refractivity contribution in [3.8, 4) is 11.5 Å². The number of thioether (sulfide) groups is 1. The Kier molecular flexibility index (Phi) is 3.47. The summed E-state index contributed by atoms with van der Waals surface area (Å²) in [6.45, 7) is 2.23. The van der Waals surface area contributed by atoms with Gasteiger partial charge in [-0.3, -0.25) is 0 Å². The maximum atomic E-state index is 5.55. The van der Waals surface area contributed by atoms with Crippen molar-refractivity contribution in [3.63, 3.8) is 0 Å². The Hall–Kier alpha value is -1.14. The summed E-state index contributed by atoms with van der Waals surface area (Å²) >= 11 is 7.28. The maximum absolute atomic E-state index is 5.55. The van der Waals surface area contributed by atoms with Crippen LogP contribution in [0, 0.1) is 0 Å². The molecule has 18 heavy (non-hydrogen) atoms. The summed E-state index contributed by atoms with van der Waals surface area (Å²) in [6, 6.07) is 5.81. The average molecular weight is 282 g/mol. The fourth-order valence-corrected chi connectivity index (χ4v) is 3.21. The number of ether oxygens (including phenoxy) is 2. The molecule has 0 atom stereocenters. The van der Waals surface area contributed by atoms with Crippen LogP contribution in [0.2, 0.25) is 0 Å². The first-order valence-corrected chi connectivity index (χ1v) is 7.42. The van der Waals surface area contributed by atoms with Crippen molar-refractivity contribution in [1.29, 1.82) is 0 Å². The molecule has 0 bridgehead atoms. The predicted molar refractivity (Wildman–Crippen MR) is 77.7 cm³/mol. The fraction of sp³-hybridized carbons (Fsp3) is 0.417. The van der Waals surface area contributed by atoms with Gasteiger partial charge in [-0.1, -0.05) is 0 Å². The normalized spacial score (nSPS) is 17.7. The third kappa shape index (κ3) is 2.49. The highest BCUT2D eigenvalue weighted by Gasteiger charge is 2.16. The molecule has 1 aromatic rings. The van der Waals surface area contributed by atoms with E-state index in [1.807, 2.05) is 30.0 Å². The molecule has 2 aliphatic heterocycles. The molecule has 1 fully saturated rings. The van der Waals surface area contributed by atoms with Crippen LogP contribution in [0.5, 0.6) is 11.5 Å². The smallest absolute Gasteiger partial charge is 0.174 e. The van der Waals surface area contributed by atoms with Gasteiger partial charge in [0, 0.05) is 24.1 Å². The standard InChI is InChI=1S/C12H14N2O2S2/c17-12(14-3-6-18-8-14)13-9-1-2-10-11(7-9)16-5-4-15-10/h1-2,7H,3-6,8H2,(H,13,17). The van der Waals surface area contributed by atoms with Gasteiger partial charge in [0.15, 0.2) is 16.6 Å². The largest absolute Gasteiger partial charge is 0.486 e. The molecular formula is C12H14N2O2S2. The number of hydrogen-bond donors (Lipinski definition) is 1. The van der Waals surface area contributed by atoms with Crippen LogP contribution in [0.15, 0.2) is 18.2 Å². The molecule has 0 spiro atoms. The monoisotopic (exact) mass is 282 g/mol. The first-order valence-electron chi connectivity index (χ1n) is 5.86. The van der Waals surface area contributed by atoms with Crippen molar-refractivity contribution in [2.75, 3.05) is 36.7 Å². The van der Waals surface area contributed by atoms with Gasteiger partial charge in [-0.05, 0) is 24.4 Å². The lowest BCUT2D eigenvalue weighted by Gasteiger charge is -2.21. The maximum Gasteiger partial charge on any atom is 0.174 e. The Morgan fingerprint density at radius 2 is 2.11 bits per heavy atom. The van der Waals surface area contributed by atoms with Gasteiger partial charge in [0.2, 0.25) is 0 Å². The Labute approximate surface area is 116 Å². The zero-order valence-corrected chi connectivity index (χ0v) is 11.5. The highest BCUT2D eigenvalue weighted by Crippen LogP contribution is 2.32. The molecule has 1 N–H and O–H groups in total. The molecule has 2 aliphatic rings. The summed E-state index contributed by atoms with van der Waals surface area (Å²) in [5.74, 6) is 3.69. The number of anilines is 1. The van der Waals surface area contributed by atoms with Gasteiger partial charge in [0.1, 0.15) is 13.2 Å².